The number of rotatable bonds is 5. The third-order valence-corrected chi connectivity index (χ3v) is 3.07. The molecule has 0 aliphatic heterocycles. The predicted molar refractivity (Wildman–Crippen MR) is 82.7 cm³/mol. The molecule has 110 valence electrons. The molecule has 0 saturated carbocycles. The second-order valence-corrected chi connectivity index (χ2v) is 4.80. The molecule has 0 radical (unpaired) electrons. The fraction of sp³-hybridized carbons (Fsp3) is 0.250. The number of anilines is 1. The molecule has 2 rings (SSSR count). The zero-order chi connectivity index (χ0) is 15.2. The molecule has 0 aliphatic carbocycles. The molecule has 1 heterocycles. The Morgan fingerprint density at radius 3 is 2.57 bits per heavy atom. The first-order valence-corrected chi connectivity index (χ1v) is 6.65. The van der Waals surface area contributed by atoms with Gasteiger partial charge in [0.15, 0.2) is 0 Å². The number of carbonyl (C=O) groups excluding carboxylic acids is 1. The summed E-state index contributed by atoms with van der Waals surface area (Å²) in [6, 6.07) is 11.1. The van der Waals surface area contributed by atoms with E-state index in [1.807, 2.05) is 43.3 Å². The Balaban J connectivity index is 2.04. The average molecular weight is 285 g/mol. The highest BCUT2D eigenvalue weighted by atomic mass is 16.5. The quantitative estimate of drug-likeness (QED) is 0.914. The van der Waals surface area contributed by atoms with E-state index in [1.54, 1.807) is 25.4 Å². The maximum Gasteiger partial charge on any atom is 0.255 e. The standard InChI is InChI=1S/C16H19N3O2/c1-19(2)15-14(5-4-10-17-15)16(20)18-11-12-6-8-13(21-3)9-7-12/h4-10H,11H2,1-3H3,(H,18,20). The molecule has 0 spiro atoms. The summed E-state index contributed by atoms with van der Waals surface area (Å²) in [5.74, 6) is 1.32. The summed E-state index contributed by atoms with van der Waals surface area (Å²) in [6.07, 6.45) is 1.68. The fourth-order valence-electron chi connectivity index (χ4n) is 1.95. The topological polar surface area (TPSA) is 54.5 Å². The smallest absolute Gasteiger partial charge is 0.255 e. The number of ether oxygens (including phenoxy) is 1. The number of carbonyl (C=O) groups is 1. The molecule has 5 nitrogen and oxygen atoms in total. The lowest BCUT2D eigenvalue weighted by Crippen LogP contribution is -2.25. The molecule has 0 unspecified atom stereocenters. The van der Waals surface area contributed by atoms with E-state index < -0.39 is 0 Å². The van der Waals surface area contributed by atoms with Crippen molar-refractivity contribution >= 4 is 11.7 Å². The maximum absolute atomic E-state index is 12.3. The van der Waals surface area contributed by atoms with E-state index in [-0.39, 0.29) is 5.91 Å². The highest BCUT2D eigenvalue weighted by Gasteiger charge is 2.13. The van der Waals surface area contributed by atoms with Gasteiger partial charge in [-0.3, -0.25) is 4.79 Å². The van der Waals surface area contributed by atoms with Crippen LogP contribution in [0.15, 0.2) is 42.6 Å². The maximum atomic E-state index is 12.3. The molecule has 1 aromatic heterocycles. The van der Waals surface area contributed by atoms with Gasteiger partial charge in [-0.2, -0.15) is 0 Å². The normalized spacial score (nSPS) is 10.0. The van der Waals surface area contributed by atoms with Crippen LogP contribution < -0.4 is 15.0 Å². The van der Waals surface area contributed by atoms with Crippen molar-refractivity contribution in [3.8, 4) is 5.75 Å². The van der Waals surface area contributed by atoms with E-state index >= 15 is 0 Å². The van der Waals surface area contributed by atoms with Gasteiger partial charge < -0.3 is 15.0 Å². The largest absolute Gasteiger partial charge is 0.497 e. The number of hydrogen-bond acceptors (Lipinski definition) is 4. The third kappa shape index (κ3) is 3.72. The Labute approximate surface area is 124 Å². The van der Waals surface area contributed by atoms with Gasteiger partial charge in [-0.05, 0) is 29.8 Å². The highest BCUT2D eigenvalue weighted by Crippen LogP contribution is 2.15. The molecule has 0 aliphatic rings. The summed E-state index contributed by atoms with van der Waals surface area (Å²) in [5, 5.41) is 2.90. The minimum absolute atomic E-state index is 0.136. The van der Waals surface area contributed by atoms with E-state index in [4.69, 9.17) is 4.74 Å². The van der Waals surface area contributed by atoms with Crippen LogP contribution in [0.1, 0.15) is 15.9 Å². The van der Waals surface area contributed by atoms with E-state index in [0.29, 0.717) is 17.9 Å². The molecule has 1 aromatic carbocycles. The number of methoxy groups -OCH3 is 1. The lowest BCUT2D eigenvalue weighted by molar-refractivity contribution is 0.0951. The van der Waals surface area contributed by atoms with Crippen LogP contribution in [0.2, 0.25) is 0 Å². The SMILES string of the molecule is COc1ccc(CNC(=O)c2cccnc2N(C)C)cc1. The van der Waals surface area contributed by atoms with Gasteiger partial charge in [-0.15, -0.1) is 0 Å². The number of hydrogen-bond donors (Lipinski definition) is 1. The molecule has 1 N–H and O–H groups in total. The number of nitrogens with zero attached hydrogens (tertiary/aromatic N) is 2. The monoisotopic (exact) mass is 285 g/mol. The van der Waals surface area contributed by atoms with Gasteiger partial charge in [-0.25, -0.2) is 4.98 Å². The molecule has 0 atom stereocenters. The number of pyridine rings is 1. The summed E-state index contributed by atoms with van der Waals surface area (Å²) in [4.78, 5) is 18.3. The molecule has 0 fully saturated rings. The molecule has 5 heteroatoms. The van der Waals surface area contributed by atoms with Crippen LogP contribution in [-0.2, 0) is 6.54 Å². The van der Waals surface area contributed by atoms with Crippen LogP contribution in [0.4, 0.5) is 5.82 Å². The molecular formula is C16H19N3O2. The van der Waals surface area contributed by atoms with Crippen LogP contribution in [-0.4, -0.2) is 32.1 Å². The van der Waals surface area contributed by atoms with Gasteiger partial charge in [0, 0.05) is 26.8 Å². The molecule has 21 heavy (non-hydrogen) atoms. The van der Waals surface area contributed by atoms with E-state index in [2.05, 4.69) is 10.3 Å². The van der Waals surface area contributed by atoms with Crippen molar-refractivity contribution < 1.29 is 9.53 Å². The number of benzene rings is 1. The van der Waals surface area contributed by atoms with Gasteiger partial charge in [0.25, 0.3) is 5.91 Å². The lowest BCUT2D eigenvalue weighted by atomic mass is 10.2. The molecular weight excluding hydrogens is 266 g/mol. The second kappa shape index (κ2) is 6.74. The minimum atomic E-state index is -0.136. The van der Waals surface area contributed by atoms with Crippen molar-refractivity contribution in [2.75, 3.05) is 26.1 Å². The Kier molecular flexibility index (Phi) is 4.77. The lowest BCUT2D eigenvalue weighted by Gasteiger charge is -2.15. The van der Waals surface area contributed by atoms with Crippen LogP contribution in [0.25, 0.3) is 0 Å². The number of aromatic nitrogens is 1. The molecule has 1 amide bonds. The van der Waals surface area contributed by atoms with Gasteiger partial charge in [0.05, 0.1) is 12.7 Å². The van der Waals surface area contributed by atoms with Crippen molar-refractivity contribution in [3.63, 3.8) is 0 Å². The average Bonchev–Trinajstić information content (AvgIpc) is 2.53. The second-order valence-electron chi connectivity index (χ2n) is 4.80. The van der Waals surface area contributed by atoms with E-state index in [9.17, 15) is 4.79 Å². The Hall–Kier alpha value is -2.56. The van der Waals surface area contributed by atoms with E-state index in [1.165, 1.54) is 0 Å². The predicted octanol–water partition coefficient (Wildman–Crippen LogP) is 2.09. The zero-order valence-electron chi connectivity index (χ0n) is 12.5. The zero-order valence-corrected chi connectivity index (χ0v) is 12.5. The fourth-order valence-corrected chi connectivity index (χ4v) is 1.95. The summed E-state index contributed by atoms with van der Waals surface area (Å²) >= 11 is 0. The highest BCUT2D eigenvalue weighted by molar-refractivity contribution is 5.98. The van der Waals surface area contributed by atoms with Gasteiger partial charge in [-0.1, -0.05) is 12.1 Å². The first kappa shape index (κ1) is 14.8. The third-order valence-electron chi connectivity index (χ3n) is 3.07. The van der Waals surface area contributed by atoms with Gasteiger partial charge in [0.1, 0.15) is 11.6 Å². The van der Waals surface area contributed by atoms with Crippen molar-refractivity contribution in [1.82, 2.24) is 10.3 Å². The van der Waals surface area contributed by atoms with Crippen molar-refractivity contribution in [3.05, 3.63) is 53.7 Å². The number of amides is 1. The van der Waals surface area contributed by atoms with Gasteiger partial charge in [0.2, 0.25) is 0 Å². The van der Waals surface area contributed by atoms with Crippen LogP contribution in [0.5, 0.6) is 5.75 Å². The molecule has 0 saturated heterocycles. The van der Waals surface area contributed by atoms with Crippen molar-refractivity contribution in [1.29, 1.82) is 0 Å². The Morgan fingerprint density at radius 2 is 1.95 bits per heavy atom. The summed E-state index contributed by atoms with van der Waals surface area (Å²) in [7, 11) is 5.35. The van der Waals surface area contributed by atoms with Crippen LogP contribution in [0, 0.1) is 0 Å². The van der Waals surface area contributed by atoms with Crippen molar-refractivity contribution in [2.24, 2.45) is 0 Å². The first-order valence-electron chi connectivity index (χ1n) is 6.65. The van der Waals surface area contributed by atoms with Crippen LogP contribution in [0.3, 0.4) is 0 Å². The Morgan fingerprint density at radius 1 is 1.24 bits per heavy atom. The van der Waals surface area contributed by atoms with E-state index in [0.717, 1.165) is 11.3 Å². The summed E-state index contributed by atoms with van der Waals surface area (Å²) in [6.45, 7) is 0.463. The molecule has 2 aromatic rings. The first-order chi connectivity index (χ1) is 10.1. The Bertz CT molecular complexity index is 609. The van der Waals surface area contributed by atoms with Crippen molar-refractivity contribution in [2.45, 2.75) is 6.54 Å². The minimum Gasteiger partial charge on any atom is -0.497 e. The summed E-state index contributed by atoms with van der Waals surface area (Å²) < 4.78 is 5.11. The van der Waals surface area contributed by atoms with Gasteiger partial charge >= 0.3 is 0 Å². The van der Waals surface area contributed by atoms with Crippen LogP contribution >= 0.6 is 0 Å². The molecule has 0 bridgehead atoms. The summed E-state index contributed by atoms with van der Waals surface area (Å²) in [5.41, 5.74) is 1.58. The number of nitrogens with one attached hydrogen (secondary N) is 1.